The fraction of sp³-hybridized carbons (Fsp3) is 0.125. The molecule has 0 aliphatic heterocycles. The van der Waals surface area contributed by atoms with Gasteiger partial charge >= 0.3 is 0 Å². The molecule has 25 heavy (non-hydrogen) atoms. The first kappa shape index (κ1) is 15.5. The molecule has 4 aromatic rings. The molecule has 0 radical (unpaired) electrons. The minimum atomic E-state index is -0.187. The van der Waals surface area contributed by atoms with Gasteiger partial charge in [0.15, 0.2) is 0 Å². The first-order valence-corrected chi connectivity index (χ1v) is 8.52. The van der Waals surface area contributed by atoms with Crippen molar-refractivity contribution in [1.82, 2.24) is 35.2 Å². The maximum atomic E-state index is 12.5. The smallest absolute Gasteiger partial charge is 0.267 e. The Morgan fingerprint density at radius 3 is 2.68 bits per heavy atom. The molecule has 9 heteroatoms. The van der Waals surface area contributed by atoms with Gasteiger partial charge in [0, 0.05) is 0 Å². The molecule has 0 fully saturated rings. The number of thioether (sulfide) groups is 1. The van der Waals surface area contributed by atoms with Crippen LogP contribution in [0.5, 0.6) is 0 Å². The van der Waals surface area contributed by atoms with E-state index in [0.717, 1.165) is 11.3 Å². The standard InChI is InChI=1S/C16H13N7OS/c1-11-6-2-5-9-14(11)23-16(18-19-21-23)25-10-22-15(24)12-7-3-4-8-13(12)17-20-22/h2-9H,10H2,1H3. The van der Waals surface area contributed by atoms with E-state index in [1.165, 1.54) is 16.4 Å². The van der Waals surface area contributed by atoms with Gasteiger partial charge in [-0.2, -0.15) is 9.36 Å². The van der Waals surface area contributed by atoms with Gasteiger partial charge in [-0.1, -0.05) is 47.3 Å². The minimum Gasteiger partial charge on any atom is -0.267 e. The lowest BCUT2D eigenvalue weighted by molar-refractivity contribution is 0.642. The van der Waals surface area contributed by atoms with E-state index in [-0.39, 0.29) is 11.4 Å². The Labute approximate surface area is 146 Å². The monoisotopic (exact) mass is 351 g/mol. The number of aromatic nitrogens is 7. The fourth-order valence-corrected chi connectivity index (χ4v) is 3.21. The second-order valence-electron chi connectivity index (χ2n) is 5.34. The summed E-state index contributed by atoms with van der Waals surface area (Å²) in [5.74, 6) is 0.267. The van der Waals surface area contributed by atoms with Gasteiger partial charge in [0.05, 0.1) is 17.0 Å². The molecule has 0 bridgehead atoms. The van der Waals surface area contributed by atoms with Crippen molar-refractivity contribution in [3.05, 3.63) is 64.4 Å². The zero-order valence-electron chi connectivity index (χ0n) is 13.3. The molecule has 0 saturated heterocycles. The highest BCUT2D eigenvalue weighted by Gasteiger charge is 2.12. The van der Waals surface area contributed by atoms with Crippen molar-refractivity contribution in [2.24, 2.45) is 0 Å². The summed E-state index contributed by atoms with van der Waals surface area (Å²) in [5, 5.41) is 21.0. The molecule has 0 aliphatic carbocycles. The molecule has 0 saturated carbocycles. The van der Waals surface area contributed by atoms with E-state index in [0.29, 0.717) is 16.1 Å². The van der Waals surface area contributed by atoms with Crippen LogP contribution < -0.4 is 5.56 Å². The highest BCUT2D eigenvalue weighted by molar-refractivity contribution is 7.98. The number of nitrogens with zero attached hydrogens (tertiary/aromatic N) is 7. The third kappa shape index (κ3) is 2.89. The molecule has 0 spiro atoms. The Balaban J connectivity index is 1.63. The predicted molar refractivity (Wildman–Crippen MR) is 93.5 cm³/mol. The largest absolute Gasteiger partial charge is 0.278 e. The van der Waals surface area contributed by atoms with Crippen LogP contribution in [-0.2, 0) is 5.88 Å². The lowest BCUT2D eigenvalue weighted by atomic mass is 10.2. The zero-order chi connectivity index (χ0) is 17.2. The molecule has 0 atom stereocenters. The van der Waals surface area contributed by atoms with E-state index < -0.39 is 0 Å². The summed E-state index contributed by atoms with van der Waals surface area (Å²) in [6.07, 6.45) is 0. The Morgan fingerprint density at radius 2 is 1.80 bits per heavy atom. The molecule has 4 rings (SSSR count). The lowest BCUT2D eigenvalue weighted by Gasteiger charge is -2.07. The third-order valence-corrected chi connectivity index (χ3v) is 4.62. The van der Waals surface area contributed by atoms with Crippen molar-refractivity contribution < 1.29 is 0 Å². The van der Waals surface area contributed by atoms with E-state index in [4.69, 9.17) is 0 Å². The number of hydrogen-bond acceptors (Lipinski definition) is 7. The number of hydrogen-bond donors (Lipinski definition) is 0. The average Bonchev–Trinajstić information content (AvgIpc) is 3.10. The molecule has 0 unspecified atom stereocenters. The maximum Gasteiger partial charge on any atom is 0.278 e. The molecule has 0 N–H and O–H groups in total. The second kappa shape index (κ2) is 6.44. The first-order chi connectivity index (χ1) is 12.2. The van der Waals surface area contributed by atoms with Crippen LogP contribution in [0.1, 0.15) is 5.56 Å². The molecule has 124 valence electrons. The van der Waals surface area contributed by atoms with E-state index in [1.54, 1.807) is 16.8 Å². The maximum absolute atomic E-state index is 12.5. The number of fused-ring (bicyclic) bond motifs is 1. The second-order valence-corrected chi connectivity index (χ2v) is 6.26. The summed E-state index contributed by atoms with van der Waals surface area (Å²) >= 11 is 1.32. The Bertz CT molecular complexity index is 1100. The van der Waals surface area contributed by atoms with Crippen LogP contribution in [0.2, 0.25) is 0 Å². The van der Waals surface area contributed by atoms with Crippen LogP contribution in [0.15, 0.2) is 58.5 Å². The van der Waals surface area contributed by atoms with Crippen LogP contribution in [-0.4, -0.2) is 35.2 Å². The summed E-state index contributed by atoms with van der Waals surface area (Å²) < 4.78 is 2.96. The molecule has 2 aromatic heterocycles. The zero-order valence-corrected chi connectivity index (χ0v) is 14.1. The van der Waals surface area contributed by atoms with Crippen LogP contribution in [0, 0.1) is 6.92 Å². The molecular weight excluding hydrogens is 338 g/mol. The van der Waals surface area contributed by atoms with Gasteiger partial charge in [-0.25, -0.2) is 0 Å². The molecule has 2 aromatic carbocycles. The highest BCUT2D eigenvalue weighted by atomic mass is 32.2. The summed E-state index contributed by atoms with van der Waals surface area (Å²) in [6.45, 7) is 1.99. The molecule has 8 nitrogen and oxygen atoms in total. The third-order valence-electron chi connectivity index (χ3n) is 3.73. The molecule has 0 aliphatic rings. The Morgan fingerprint density at radius 1 is 1.00 bits per heavy atom. The topological polar surface area (TPSA) is 91.4 Å². The van der Waals surface area contributed by atoms with Gasteiger partial charge in [0.25, 0.3) is 5.56 Å². The normalized spacial score (nSPS) is 11.1. The van der Waals surface area contributed by atoms with Crippen molar-refractivity contribution in [3.8, 4) is 5.69 Å². The van der Waals surface area contributed by atoms with Crippen LogP contribution in [0.3, 0.4) is 0 Å². The average molecular weight is 351 g/mol. The van der Waals surface area contributed by atoms with E-state index in [2.05, 4.69) is 25.8 Å². The molecular formula is C16H13N7OS. The number of benzene rings is 2. The number of aryl methyl sites for hydroxylation is 1. The van der Waals surface area contributed by atoms with Gasteiger partial charge in [0.1, 0.15) is 5.52 Å². The Kier molecular flexibility index (Phi) is 3.98. The van der Waals surface area contributed by atoms with Gasteiger partial charge in [-0.15, -0.1) is 10.2 Å². The van der Waals surface area contributed by atoms with E-state index in [1.807, 2.05) is 43.3 Å². The first-order valence-electron chi connectivity index (χ1n) is 7.54. The lowest BCUT2D eigenvalue weighted by Crippen LogP contribution is -2.23. The van der Waals surface area contributed by atoms with Crippen LogP contribution in [0.4, 0.5) is 0 Å². The summed E-state index contributed by atoms with van der Waals surface area (Å²) in [7, 11) is 0. The number of rotatable bonds is 4. The summed E-state index contributed by atoms with van der Waals surface area (Å²) in [5.41, 5.74) is 2.35. The fourth-order valence-electron chi connectivity index (χ4n) is 2.45. The van der Waals surface area contributed by atoms with Crippen molar-refractivity contribution in [2.45, 2.75) is 18.0 Å². The van der Waals surface area contributed by atoms with Crippen LogP contribution >= 0.6 is 11.8 Å². The Hall–Kier alpha value is -3.07. The van der Waals surface area contributed by atoms with E-state index in [9.17, 15) is 4.79 Å². The minimum absolute atomic E-state index is 0.187. The van der Waals surface area contributed by atoms with Gasteiger partial charge in [0.2, 0.25) is 5.16 Å². The van der Waals surface area contributed by atoms with Gasteiger partial charge < -0.3 is 0 Å². The summed E-state index contributed by atoms with van der Waals surface area (Å²) in [4.78, 5) is 12.5. The van der Waals surface area contributed by atoms with E-state index >= 15 is 0 Å². The number of para-hydroxylation sites is 1. The van der Waals surface area contributed by atoms with Gasteiger partial charge in [-0.05, 0) is 41.1 Å². The van der Waals surface area contributed by atoms with Crippen molar-refractivity contribution in [2.75, 3.05) is 0 Å². The molecule has 0 amide bonds. The van der Waals surface area contributed by atoms with Crippen LogP contribution in [0.25, 0.3) is 16.6 Å². The number of tetrazole rings is 1. The quantitative estimate of drug-likeness (QED) is 0.518. The molecule has 2 heterocycles. The van der Waals surface area contributed by atoms with Crippen molar-refractivity contribution in [3.63, 3.8) is 0 Å². The van der Waals surface area contributed by atoms with Gasteiger partial charge in [-0.3, -0.25) is 4.79 Å². The summed E-state index contributed by atoms with van der Waals surface area (Å²) in [6, 6.07) is 15.0. The SMILES string of the molecule is Cc1ccccc1-n1nnnc1SCn1nnc2ccccc2c1=O. The van der Waals surface area contributed by atoms with Crippen molar-refractivity contribution >= 4 is 22.7 Å². The predicted octanol–water partition coefficient (Wildman–Crippen LogP) is 1.83. The van der Waals surface area contributed by atoms with Crippen molar-refractivity contribution in [1.29, 1.82) is 0 Å². The highest BCUT2D eigenvalue weighted by Crippen LogP contribution is 2.21.